The molecule has 5 nitrogen and oxygen atoms in total. The molecule has 1 aliphatic heterocycles. The average Bonchev–Trinajstić information content (AvgIpc) is 3.04. The number of benzene rings is 1. The Labute approximate surface area is 167 Å². The van der Waals surface area contributed by atoms with Gasteiger partial charge in [0, 0.05) is 30.3 Å². The van der Waals surface area contributed by atoms with Crippen LogP contribution in [0.4, 0.5) is 11.5 Å². The Morgan fingerprint density at radius 2 is 1.64 bits per heavy atom. The zero-order valence-electron chi connectivity index (χ0n) is 16.6. The smallest absolute Gasteiger partial charge is 0.227 e. The predicted octanol–water partition coefficient (Wildman–Crippen LogP) is 5.04. The van der Waals surface area contributed by atoms with Gasteiger partial charge in [-0.3, -0.25) is 4.79 Å². The summed E-state index contributed by atoms with van der Waals surface area (Å²) in [6.07, 6.45) is 10.7. The lowest BCUT2D eigenvalue weighted by atomic mass is 9.88. The number of rotatable bonds is 4. The second-order valence-corrected chi connectivity index (χ2v) is 8.08. The van der Waals surface area contributed by atoms with Gasteiger partial charge in [0.15, 0.2) is 5.82 Å². The van der Waals surface area contributed by atoms with E-state index in [2.05, 4.69) is 26.5 Å². The Morgan fingerprint density at radius 3 is 2.36 bits per heavy atom. The minimum Gasteiger partial charge on any atom is -0.355 e. The van der Waals surface area contributed by atoms with Gasteiger partial charge in [-0.2, -0.15) is 0 Å². The van der Waals surface area contributed by atoms with E-state index >= 15 is 0 Å². The van der Waals surface area contributed by atoms with Gasteiger partial charge in [-0.05, 0) is 49.9 Å². The van der Waals surface area contributed by atoms with E-state index in [1.165, 1.54) is 32.1 Å². The molecule has 1 saturated heterocycles. The summed E-state index contributed by atoms with van der Waals surface area (Å²) in [6, 6.07) is 12.0. The molecule has 148 valence electrons. The zero-order valence-corrected chi connectivity index (χ0v) is 16.6. The van der Waals surface area contributed by atoms with Gasteiger partial charge in [0.25, 0.3) is 0 Å². The second-order valence-electron chi connectivity index (χ2n) is 8.08. The fraction of sp³-hybridized carbons (Fsp3) is 0.522. The van der Waals surface area contributed by atoms with Crippen LogP contribution in [0.15, 0.2) is 36.4 Å². The van der Waals surface area contributed by atoms with E-state index in [1.54, 1.807) is 0 Å². The third-order valence-corrected chi connectivity index (χ3v) is 5.98. The molecule has 28 heavy (non-hydrogen) atoms. The number of anilines is 2. The Balaban J connectivity index is 1.44. The van der Waals surface area contributed by atoms with Gasteiger partial charge in [-0.15, -0.1) is 10.2 Å². The molecule has 1 saturated carbocycles. The third-order valence-electron chi connectivity index (χ3n) is 5.98. The standard InChI is InChI=1S/C23H30N4O/c28-23(18-9-4-3-5-10-18)24-20-12-8-11-19(17-20)21-13-14-22(26-25-21)27-15-6-1-2-7-16-27/h8,11-14,17-18H,1-7,9-10,15-16H2,(H,24,28). The largest absolute Gasteiger partial charge is 0.355 e. The lowest BCUT2D eigenvalue weighted by Crippen LogP contribution is -2.25. The van der Waals surface area contributed by atoms with E-state index < -0.39 is 0 Å². The van der Waals surface area contributed by atoms with Gasteiger partial charge in [-0.25, -0.2) is 0 Å². The molecular weight excluding hydrogens is 348 g/mol. The predicted molar refractivity (Wildman–Crippen MR) is 113 cm³/mol. The van der Waals surface area contributed by atoms with Crippen molar-refractivity contribution in [1.82, 2.24) is 10.2 Å². The number of hydrogen-bond donors (Lipinski definition) is 1. The maximum Gasteiger partial charge on any atom is 0.227 e. The first-order valence-corrected chi connectivity index (χ1v) is 10.8. The number of aromatic nitrogens is 2. The first kappa shape index (κ1) is 18.9. The Morgan fingerprint density at radius 1 is 0.893 bits per heavy atom. The van der Waals surface area contributed by atoms with Crippen molar-refractivity contribution in [2.24, 2.45) is 5.92 Å². The zero-order chi connectivity index (χ0) is 19.2. The molecule has 0 atom stereocenters. The number of amides is 1. The minimum atomic E-state index is 0.152. The number of hydrogen-bond acceptors (Lipinski definition) is 4. The van der Waals surface area contributed by atoms with Crippen molar-refractivity contribution in [2.75, 3.05) is 23.3 Å². The number of nitrogens with one attached hydrogen (secondary N) is 1. The molecule has 1 N–H and O–H groups in total. The number of nitrogens with zero attached hydrogens (tertiary/aromatic N) is 3. The van der Waals surface area contributed by atoms with E-state index in [4.69, 9.17) is 0 Å². The molecule has 1 amide bonds. The van der Waals surface area contributed by atoms with Crippen molar-refractivity contribution in [3.05, 3.63) is 36.4 Å². The summed E-state index contributed by atoms with van der Waals surface area (Å²) in [7, 11) is 0. The second kappa shape index (κ2) is 9.18. The van der Waals surface area contributed by atoms with Crippen LogP contribution >= 0.6 is 0 Å². The maximum absolute atomic E-state index is 12.5. The molecule has 2 heterocycles. The Kier molecular flexibility index (Phi) is 6.20. The van der Waals surface area contributed by atoms with Crippen LogP contribution in [0.25, 0.3) is 11.3 Å². The first-order valence-electron chi connectivity index (χ1n) is 10.8. The molecule has 1 aliphatic carbocycles. The van der Waals surface area contributed by atoms with Crippen molar-refractivity contribution in [3.63, 3.8) is 0 Å². The van der Waals surface area contributed by atoms with Gasteiger partial charge in [0.2, 0.25) is 5.91 Å². The van der Waals surface area contributed by atoms with Crippen LogP contribution in [-0.4, -0.2) is 29.2 Å². The van der Waals surface area contributed by atoms with Crippen molar-refractivity contribution < 1.29 is 4.79 Å². The normalized spacial score (nSPS) is 18.5. The van der Waals surface area contributed by atoms with E-state index in [0.717, 1.165) is 61.5 Å². The minimum absolute atomic E-state index is 0.152. The van der Waals surface area contributed by atoms with E-state index in [-0.39, 0.29) is 11.8 Å². The molecule has 0 bridgehead atoms. The van der Waals surface area contributed by atoms with Crippen molar-refractivity contribution >= 4 is 17.4 Å². The molecule has 0 unspecified atom stereocenters. The molecule has 5 heteroatoms. The lowest BCUT2D eigenvalue weighted by Gasteiger charge is -2.21. The monoisotopic (exact) mass is 378 g/mol. The van der Waals surface area contributed by atoms with Crippen LogP contribution in [0, 0.1) is 5.92 Å². The van der Waals surface area contributed by atoms with Crippen LogP contribution in [0.1, 0.15) is 57.8 Å². The van der Waals surface area contributed by atoms with Crippen LogP contribution in [0.5, 0.6) is 0 Å². The molecule has 0 radical (unpaired) electrons. The highest BCUT2D eigenvalue weighted by molar-refractivity contribution is 5.93. The van der Waals surface area contributed by atoms with E-state index in [0.29, 0.717) is 0 Å². The summed E-state index contributed by atoms with van der Waals surface area (Å²) in [5.41, 5.74) is 2.66. The quantitative estimate of drug-likeness (QED) is 0.809. The molecule has 0 spiro atoms. The van der Waals surface area contributed by atoms with Crippen LogP contribution < -0.4 is 10.2 Å². The molecule has 2 aromatic rings. The van der Waals surface area contributed by atoms with Crippen molar-refractivity contribution in [2.45, 2.75) is 57.8 Å². The highest BCUT2D eigenvalue weighted by Crippen LogP contribution is 2.27. The highest BCUT2D eigenvalue weighted by Gasteiger charge is 2.21. The van der Waals surface area contributed by atoms with Gasteiger partial charge in [0.1, 0.15) is 0 Å². The van der Waals surface area contributed by atoms with Crippen LogP contribution in [-0.2, 0) is 4.79 Å². The Bertz CT molecular complexity index is 775. The fourth-order valence-electron chi connectivity index (χ4n) is 4.31. The molecule has 1 aromatic carbocycles. The fourth-order valence-corrected chi connectivity index (χ4v) is 4.31. The maximum atomic E-state index is 12.5. The van der Waals surface area contributed by atoms with Crippen LogP contribution in [0.2, 0.25) is 0 Å². The molecular formula is C23H30N4O. The van der Waals surface area contributed by atoms with E-state index in [1.807, 2.05) is 30.3 Å². The van der Waals surface area contributed by atoms with Gasteiger partial charge in [0.05, 0.1) is 5.69 Å². The van der Waals surface area contributed by atoms with Crippen molar-refractivity contribution in [3.8, 4) is 11.3 Å². The highest BCUT2D eigenvalue weighted by atomic mass is 16.1. The SMILES string of the molecule is O=C(Nc1cccc(-c2ccc(N3CCCCCC3)nn2)c1)C1CCCCC1. The summed E-state index contributed by atoms with van der Waals surface area (Å²) in [5.74, 6) is 1.27. The van der Waals surface area contributed by atoms with Gasteiger partial charge >= 0.3 is 0 Å². The first-order chi connectivity index (χ1) is 13.8. The molecule has 1 aromatic heterocycles. The number of carbonyl (C=O) groups excluding carboxylic acids is 1. The summed E-state index contributed by atoms with van der Waals surface area (Å²) in [6.45, 7) is 2.13. The van der Waals surface area contributed by atoms with Gasteiger partial charge < -0.3 is 10.2 Å². The van der Waals surface area contributed by atoms with E-state index in [9.17, 15) is 4.79 Å². The van der Waals surface area contributed by atoms with Crippen molar-refractivity contribution in [1.29, 1.82) is 0 Å². The summed E-state index contributed by atoms with van der Waals surface area (Å²) < 4.78 is 0. The summed E-state index contributed by atoms with van der Waals surface area (Å²) in [4.78, 5) is 14.9. The third kappa shape index (κ3) is 4.70. The molecule has 2 fully saturated rings. The summed E-state index contributed by atoms with van der Waals surface area (Å²) in [5, 5.41) is 12.0. The van der Waals surface area contributed by atoms with Gasteiger partial charge in [-0.1, -0.05) is 44.2 Å². The molecule has 4 rings (SSSR count). The Hall–Kier alpha value is -2.43. The van der Waals surface area contributed by atoms with Crippen LogP contribution in [0.3, 0.4) is 0 Å². The topological polar surface area (TPSA) is 58.1 Å². The molecule has 2 aliphatic rings. The number of carbonyl (C=O) groups is 1. The summed E-state index contributed by atoms with van der Waals surface area (Å²) >= 11 is 0. The average molecular weight is 379 g/mol. The lowest BCUT2D eigenvalue weighted by molar-refractivity contribution is -0.120.